The van der Waals surface area contributed by atoms with E-state index in [1.165, 1.54) is 35.0 Å². The summed E-state index contributed by atoms with van der Waals surface area (Å²) in [4.78, 5) is 37.2. The van der Waals surface area contributed by atoms with Crippen LogP contribution >= 0.6 is 0 Å². The van der Waals surface area contributed by atoms with Crippen molar-refractivity contribution < 1.29 is 78.0 Å². The fraction of sp³-hybridized carbons (Fsp3) is 0.326. The number of halogens is 9. The average molecular weight is 955 g/mol. The molecule has 0 aliphatic rings. The number of hydrogen-bond acceptors (Lipinski definition) is 8. The zero-order valence-electron chi connectivity index (χ0n) is 36.8. The van der Waals surface area contributed by atoms with Crippen molar-refractivity contribution in [2.75, 3.05) is 24.3 Å². The summed E-state index contributed by atoms with van der Waals surface area (Å²) in [5.74, 6) is -1.63. The first kappa shape index (κ1) is 52.6. The van der Waals surface area contributed by atoms with Crippen LogP contribution in [0.5, 0.6) is 11.5 Å². The smallest absolute Gasteiger partial charge is 0.490 e. The Morgan fingerprint density at radius 3 is 1.54 bits per heavy atom. The summed E-state index contributed by atoms with van der Waals surface area (Å²) in [6.45, 7) is 11.0. The number of aromatic amines is 1. The van der Waals surface area contributed by atoms with Gasteiger partial charge < -0.3 is 34.8 Å². The number of aromatic nitrogens is 2. The zero-order valence-corrected chi connectivity index (χ0v) is 36.8. The van der Waals surface area contributed by atoms with Gasteiger partial charge in [0.05, 0.1) is 41.2 Å². The lowest BCUT2D eigenvalue weighted by atomic mass is 10.1. The number of rotatable bonds is 9. The van der Waals surface area contributed by atoms with E-state index in [0.29, 0.717) is 58.8 Å². The van der Waals surface area contributed by atoms with E-state index in [-0.39, 0.29) is 6.61 Å². The van der Waals surface area contributed by atoms with Crippen molar-refractivity contribution >= 4 is 51.3 Å². The second kappa shape index (κ2) is 21.1. The Morgan fingerprint density at radius 2 is 1.10 bits per heavy atom. The Kier molecular flexibility index (Phi) is 16.5. The number of nitrogens with zero attached hydrogens (tertiary/aromatic N) is 1. The molecule has 0 spiro atoms. The average Bonchev–Trinajstić information content (AvgIpc) is 3.75. The number of alkyl halides is 9. The maximum absolute atomic E-state index is 12.8. The van der Waals surface area contributed by atoms with Crippen LogP contribution in [0.2, 0.25) is 0 Å². The molecular weight excluding hydrogens is 908 g/mol. The summed E-state index contributed by atoms with van der Waals surface area (Å²) < 4.78 is 131. The molecule has 12 nitrogen and oxygen atoms in total. The molecule has 5 N–H and O–H groups in total. The van der Waals surface area contributed by atoms with E-state index in [1.54, 1.807) is 65.9 Å². The van der Waals surface area contributed by atoms with Crippen molar-refractivity contribution in [1.82, 2.24) is 9.55 Å². The van der Waals surface area contributed by atoms with Gasteiger partial charge in [0.1, 0.15) is 22.7 Å². The van der Waals surface area contributed by atoms with Crippen molar-refractivity contribution in [3.63, 3.8) is 0 Å². The molecule has 4 aromatic carbocycles. The SMILES string of the molecule is CC(C)(C)OC(=O)Nc1cn(C(=O)OC(C)(C)C)c2ccc(OCCc3ccc(C(F)(F)F)cc3)cc12.Nc1c[nH]c2ccc(OCCc3ccc(C(F)(F)F)cc3)cc12.O=C(O)C(F)(F)F. The first-order valence-corrected chi connectivity index (χ1v) is 20.0. The van der Waals surface area contributed by atoms with Crippen molar-refractivity contribution in [2.24, 2.45) is 0 Å². The first-order valence-electron chi connectivity index (χ1n) is 20.0. The second-order valence-corrected chi connectivity index (χ2v) is 16.5. The van der Waals surface area contributed by atoms with Gasteiger partial charge in [-0.25, -0.2) is 14.4 Å². The summed E-state index contributed by atoms with van der Waals surface area (Å²) in [6.07, 6.45) is -11.0. The van der Waals surface area contributed by atoms with E-state index in [9.17, 15) is 49.1 Å². The van der Waals surface area contributed by atoms with E-state index < -0.39 is 59.0 Å². The van der Waals surface area contributed by atoms with Gasteiger partial charge in [0.15, 0.2) is 0 Å². The Labute approximate surface area is 377 Å². The highest BCUT2D eigenvalue weighted by Crippen LogP contribution is 2.33. The summed E-state index contributed by atoms with van der Waals surface area (Å²) >= 11 is 0. The molecule has 21 heteroatoms. The maximum atomic E-state index is 12.8. The van der Waals surface area contributed by atoms with Crippen molar-refractivity contribution in [2.45, 2.75) is 84.1 Å². The van der Waals surface area contributed by atoms with Crippen molar-refractivity contribution in [3.05, 3.63) is 120 Å². The Balaban J connectivity index is 0.000000276. The first-order chi connectivity index (χ1) is 30.9. The number of hydrogen-bond donors (Lipinski definition) is 4. The fourth-order valence-corrected chi connectivity index (χ4v) is 5.78. The molecule has 2 heterocycles. The molecule has 0 saturated heterocycles. The number of amides is 1. The molecule has 0 bridgehead atoms. The number of nitrogens with one attached hydrogen (secondary N) is 2. The monoisotopic (exact) mass is 954 g/mol. The number of nitrogens with two attached hydrogens (primary N) is 1. The van der Waals surface area contributed by atoms with E-state index in [0.717, 1.165) is 40.7 Å². The zero-order chi connectivity index (χ0) is 50.1. The third kappa shape index (κ3) is 16.4. The molecule has 362 valence electrons. The number of carbonyl (C=O) groups is 3. The lowest BCUT2D eigenvalue weighted by molar-refractivity contribution is -0.192. The number of carboxylic acids is 1. The van der Waals surface area contributed by atoms with Crippen LogP contribution in [0.3, 0.4) is 0 Å². The van der Waals surface area contributed by atoms with E-state index in [2.05, 4.69) is 10.3 Å². The van der Waals surface area contributed by atoms with E-state index >= 15 is 0 Å². The lowest BCUT2D eigenvalue weighted by Crippen LogP contribution is -2.27. The van der Waals surface area contributed by atoms with Crippen LogP contribution < -0.4 is 20.5 Å². The van der Waals surface area contributed by atoms with Gasteiger partial charge in [-0.05, 0) is 113 Å². The topological polar surface area (TPSA) is 167 Å². The molecule has 0 saturated carbocycles. The molecule has 1 amide bonds. The van der Waals surface area contributed by atoms with E-state index in [1.807, 2.05) is 18.2 Å². The molecule has 0 aliphatic carbocycles. The molecule has 0 unspecified atom stereocenters. The Bertz CT molecular complexity index is 2620. The molecule has 0 aliphatic heterocycles. The number of aliphatic carboxylic acids is 1. The summed E-state index contributed by atoms with van der Waals surface area (Å²) in [7, 11) is 0. The van der Waals surface area contributed by atoms with E-state index in [4.69, 9.17) is 34.6 Å². The van der Waals surface area contributed by atoms with Gasteiger partial charge in [-0.15, -0.1) is 0 Å². The van der Waals surface area contributed by atoms with Crippen LogP contribution in [-0.4, -0.2) is 63.4 Å². The minimum atomic E-state index is -5.08. The minimum Gasteiger partial charge on any atom is -0.493 e. The van der Waals surface area contributed by atoms with Crippen LogP contribution in [0.15, 0.2) is 97.3 Å². The largest absolute Gasteiger partial charge is 0.493 e. The fourth-order valence-electron chi connectivity index (χ4n) is 5.78. The summed E-state index contributed by atoms with van der Waals surface area (Å²) in [5.41, 5.74) is 6.90. The number of H-pyrrole nitrogens is 1. The molecular formula is C46H47F9N4O8. The van der Waals surface area contributed by atoms with Crippen LogP contribution in [0, 0.1) is 0 Å². The van der Waals surface area contributed by atoms with Crippen LogP contribution in [0.4, 0.5) is 60.5 Å². The van der Waals surface area contributed by atoms with Gasteiger partial charge in [-0.3, -0.25) is 9.88 Å². The van der Waals surface area contributed by atoms with Gasteiger partial charge in [-0.1, -0.05) is 24.3 Å². The molecule has 67 heavy (non-hydrogen) atoms. The molecule has 0 atom stereocenters. The molecule has 6 aromatic rings. The van der Waals surface area contributed by atoms with Crippen molar-refractivity contribution in [1.29, 1.82) is 0 Å². The van der Waals surface area contributed by atoms with Gasteiger partial charge in [0.2, 0.25) is 0 Å². The highest BCUT2D eigenvalue weighted by molar-refractivity contribution is 6.03. The summed E-state index contributed by atoms with van der Waals surface area (Å²) in [5, 5.41) is 11.2. The quantitative estimate of drug-likeness (QED) is 0.103. The number of carbonyl (C=O) groups excluding carboxylic acids is 2. The number of fused-ring (bicyclic) bond motifs is 2. The Morgan fingerprint density at radius 1 is 0.657 bits per heavy atom. The molecule has 2 aromatic heterocycles. The third-order valence-corrected chi connectivity index (χ3v) is 8.81. The number of nitrogen functional groups attached to an aromatic ring is 1. The summed E-state index contributed by atoms with van der Waals surface area (Å²) in [6, 6.07) is 20.5. The van der Waals surface area contributed by atoms with Crippen molar-refractivity contribution in [3.8, 4) is 11.5 Å². The van der Waals surface area contributed by atoms with Gasteiger partial charge in [-0.2, -0.15) is 39.5 Å². The maximum Gasteiger partial charge on any atom is 0.490 e. The van der Waals surface area contributed by atoms with Crippen LogP contribution in [0.25, 0.3) is 21.8 Å². The number of anilines is 2. The highest BCUT2D eigenvalue weighted by Gasteiger charge is 2.38. The predicted octanol–water partition coefficient (Wildman–Crippen LogP) is 12.4. The molecule has 6 rings (SSSR count). The lowest BCUT2D eigenvalue weighted by Gasteiger charge is -2.20. The van der Waals surface area contributed by atoms with Crippen LogP contribution in [0.1, 0.15) is 63.8 Å². The van der Waals surface area contributed by atoms with Gasteiger partial charge >= 0.3 is 36.7 Å². The minimum absolute atomic E-state index is 0.207. The van der Waals surface area contributed by atoms with Gasteiger partial charge in [0.25, 0.3) is 0 Å². The number of carboxylic acid groups (broad SMARTS) is 1. The molecule has 0 radical (unpaired) electrons. The predicted molar refractivity (Wildman–Crippen MR) is 231 cm³/mol. The molecule has 0 fully saturated rings. The van der Waals surface area contributed by atoms with Gasteiger partial charge in [0, 0.05) is 41.5 Å². The third-order valence-electron chi connectivity index (χ3n) is 8.81. The number of ether oxygens (including phenoxy) is 4. The van der Waals surface area contributed by atoms with Crippen LogP contribution in [-0.2, 0) is 39.5 Å². The Hall–Kier alpha value is -7.06. The highest BCUT2D eigenvalue weighted by atomic mass is 19.4. The normalized spacial score (nSPS) is 12.0. The second-order valence-electron chi connectivity index (χ2n) is 16.5. The standard InChI is InChI=1S/C27H31F3N2O5.C17H15F3N2O.C2HF3O2/c1-25(2,3)36-23(33)31-21-16-32(24(34)37-26(4,5)6)22-12-11-19(15-20(21)22)35-14-13-17-7-9-18(10-8-17)27(28,29)30;18-17(19,20)12-3-1-11(2-4-12)7-8-23-13-5-6-16-14(9-13)15(21)10-22-16;3-2(4,5)1(6)7/h7-12,15-16H,13-14H2,1-6H3,(H,31,33);1-6,9-10,22H,7-8,21H2;(H,6,7). The number of benzene rings is 4.